The zero-order chi connectivity index (χ0) is 14.7. The Kier molecular flexibility index (Phi) is 4.81. The zero-order valence-electron chi connectivity index (χ0n) is 13.4. The third-order valence-corrected chi connectivity index (χ3v) is 4.52. The Bertz CT molecular complexity index is 466. The van der Waals surface area contributed by atoms with Gasteiger partial charge in [0.05, 0.1) is 6.61 Å². The van der Waals surface area contributed by atoms with Crippen LogP contribution in [-0.2, 0) is 11.3 Å². The summed E-state index contributed by atoms with van der Waals surface area (Å²) in [5.41, 5.74) is 4.26. The van der Waals surface area contributed by atoms with E-state index in [1.165, 1.54) is 49.0 Å². The van der Waals surface area contributed by atoms with Gasteiger partial charge in [0, 0.05) is 38.5 Å². The van der Waals surface area contributed by atoms with E-state index in [9.17, 15) is 0 Å². The van der Waals surface area contributed by atoms with Crippen LogP contribution in [0.1, 0.15) is 36.8 Å². The number of nitrogens with one attached hydrogen (secondary N) is 1. The van der Waals surface area contributed by atoms with E-state index in [0.717, 1.165) is 31.7 Å². The fraction of sp³-hybridized carbons (Fsp3) is 0.667. The fourth-order valence-corrected chi connectivity index (χ4v) is 2.97. The molecule has 0 spiro atoms. The van der Waals surface area contributed by atoms with Gasteiger partial charge in [-0.05, 0) is 55.7 Å². The first-order chi connectivity index (χ1) is 10.3. The van der Waals surface area contributed by atoms with Crippen LogP contribution >= 0.6 is 0 Å². The molecule has 21 heavy (non-hydrogen) atoms. The molecule has 0 atom stereocenters. The van der Waals surface area contributed by atoms with E-state index in [-0.39, 0.29) is 0 Å². The number of hydrogen-bond donors (Lipinski definition) is 1. The average molecular weight is 288 g/mol. The van der Waals surface area contributed by atoms with Gasteiger partial charge in [-0.3, -0.25) is 0 Å². The Morgan fingerprint density at radius 1 is 1.24 bits per heavy atom. The second-order valence-electron chi connectivity index (χ2n) is 6.62. The van der Waals surface area contributed by atoms with Crippen LogP contribution in [0.3, 0.4) is 0 Å². The van der Waals surface area contributed by atoms with Gasteiger partial charge >= 0.3 is 0 Å². The normalized spacial score (nSPS) is 18.0. The maximum absolute atomic E-state index is 5.06. The maximum Gasteiger partial charge on any atom is 0.0587 e. The second kappa shape index (κ2) is 6.80. The topological polar surface area (TPSA) is 24.5 Å². The van der Waals surface area contributed by atoms with E-state index in [1.807, 2.05) is 0 Å². The van der Waals surface area contributed by atoms with Crippen molar-refractivity contribution in [3.8, 4) is 0 Å². The van der Waals surface area contributed by atoms with Gasteiger partial charge in [0.1, 0.15) is 0 Å². The summed E-state index contributed by atoms with van der Waals surface area (Å²) in [4.78, 5) is 2.68. The first kappa shape index (κ1) is 14.9. The largest absolute Gasteiger partial charge is 0.383 e. The SMILES string of the molecule is COCCNCc1ccc(N(CC2CC2)C2CC2)c(C)c1. The van der Waals surface area contributed by atoms with E-state index in [4.69, 9.17) is 4.74 Å². The number of benzene rings is 1. The number of anilines is 1. The van der Waals surface area contributed by atoms with Crippen molar-refractivity contribution in [3.05, 3.63) is 29.3 Å². The molecule has 1 aromatic carbocycles. The second-order valence-corrected chi connectivity index (χ2v) is 6.62. The summed E-state index contributed by atoms with van der Waals surface area (Å²) in [5.74, 6) is 0.959. The Morgan fingerprint density at radius 2 is 2.05 bits per heavy atom. The van der Waals surface area contributed by atoms with Crippen LogP contribution in [0.25, 0.3) is 0 Å². The Labute approximate surface area is 128 Å². The molecule has 0 bridgehead atoms. The predicted octanol–water partition coefficient (Wildman–Crippen LogP) is 3.11. The van der Waals surface area contributed by atoms with E-state index >= 15 is 0 Å². The number of nitrogens with zero attached hydrogens (tertiary/aromatic N) is 1. The van der Waals surface area contributed by atoms with Crippen molar-refractivity contribution < 1.29 is 4.74 Å². The molecule has 0 aromatic heterocycles. The van der Waals surface area contributed by atoms with Crippen LogP contribution in [-0.4, -0.2) is 32.8 Å². The molecule has 2 fully saturated rings. The number of hydrogen-bond acceptors (Lipinski definition) is 3. The minimum Gasteiger partial charge on any atom is -0.383 e. The highest BCUT2D eigenvalue weighted by molar-refractivity contribution is 5.56. The minimum atomic E-state index is 0.772. The molecule has 2 saturated carbocycles. The smallest absolute Gasteiger partial charge is 0.0587 e. The lowest BCUT2D eigenvalue weighted by atomic mass is 10.1. The summed E-state index contributed by atoms with van der Waals surface area (Å²) < 4.78 is 5.06. The van der Waals surface area contributed by atoms with Gasteiger partial charge in [0.2, 0.25) is 0 Å². The molecule has 0 unspecified atom stereocenters. The molecule has 3 rings (SSSR count). The number of aryl methyl sites for hydroxylation is 1. The summed E-state index contributed by atoms with van der Waals surface area (Å²) in [6.07, 6.45) is 5.63. The molecular weight excluding hydrogens is 260 g/mol. The Hall–Kier alpha value is -1.06. The van der Waals surface area contributed by atoms with E-state index < -0.39 is 0 Å². The van der Waals surface area contributed by atoms with Crippen LogP contribution in [0, 0.1) is 12.8 Å². The lowest BCUT2D eigenvalue weighted by molar-refractivity contribution is 0.199. The molecule has 0 amide bonds. The molecule has 0 aliphatic heterocycles. The van der Waals surface area contributed by atoms with Crippen LogP contribution in [0.5, 0.6) is 0 Å². The third-order valence-electron chi connectivity index (χ3n) is 4.52. The monoisotopic (exact) mass is 288 g/mol. The summed E-state index contributed by atoms with van der Waals surface area (Å²) in [7, 11) is 1.74. The van der Waals surface area contributed by atoms with Crippen molar-refractivity contribution in [1.29, 1.82) is 0 Å². The molecule has 0 saturated heterocycles. The molecule has 1 N–H and O–H groups in total. The highest BCUT2D eigenvalue weighted by Gasteiger charge is 2.34. The third kappa shape index (κ3) is 4.21. The Morgan fingerprint density at radius 3 is 2.67 bits per heavy atom. The van der Waals surface area contributed by atoms with Crippen molar-refractivity contribution in [2.24, 2.45) is 5.92 Å². The minimum absolute atomic E-state index is 0.772. The van der Waals surface area contributed by atoms with Crippen LogP contribution in [0.4, 0.5) is 5.69 Å². The molecule has 3 heteroatoms. The highest BCUT2D eigenvalue weighted by atomic mass is 16.5. The summed E-state index contributed by atoms with van der Waals surface area (Å²) in [6, 6.07) is 7.78. The fourth-order valence-electron chi connectivity index (χ4n) is 2.97. The van der Waals surface area contributed by atoms with Crippen molar-refractivity contribution >= 4 is 5.69 Å². The number of methoxy groups -OCH3 is 1. The van der Waals surface area contributed by atoms with Crippen LogP contribution in [0.15, 0.2) is 18.2 Å². The predicted molar refractivity (Wildman–Crippen MR) is 87.9 cm³/mol. The molecular formula is C18H28N2O. The van der Waals surface area contributed by atoms with Gasteiger partial charge in [-0.2, -0.15) is 0 Å². The van der Waals surface area contributed by atoms with Gasteiger partial charge < -0.3 is 15.0 Å². The van der Waals surface area contributed by atoms with Crippen LogP contribution < -0.4 is 10.2 Å². The standard InChI is InChI=1S/C18H28N2O/c1-14-11-16(12-19-9-10-21-2)5-8-18(14)20(17-6-7-17)13-15-3-4-15/h5,8,11,15,17,19H,3-4,6-7,9-10,12-13H2,1-2H3. The molecule has 3 nitrogen and oxygen atoms in total. The van der Waals surface area contributed by atoms with Crippen molar-refractivity contribution in [2.75, 3.05) is 31.7 Å². The van der Waals surface area contributed by atoms with Crippen molar-refractivity contribution in [2.45, 2.75) is 45.2 Å². The average Bonchev–Trinajstić information content (AvgIpc) is 3.36. The lowest BCUT2D eigenvalue weighted by Crippen LogP contribution is -2.28. The summed E-state index contributed by atoms with van der Waals surface area (Å²) >= 11 is 0. The first-order valence-corrected chi connectivity index (χ1v) is 8.33. The van der Waals surface area contributed by atoms with Gasteiger partial charge in [0.25, 0.3) is 0 Å². The van der Waals surface area contributed by atoms with Gasteiger partial charge in [0.15, 0.2) is 0 Å². The summed E-state index contributed by atoms with van der Waals surface area (Å²) in [5, 5.41) is 3.42. The van der Waals surface area contributed by atoms with E-state index in [2.05, 4.69) is 35.3 Å². The number of rotatable bonds is 9. The zero-order valence-corrected chi connectivity index (χ0v) is 13.4. The van der Waals surface area contributed by atoms with Gasteiger partial charge in [-0.1, -0.05) is 12.1 Å². The van der Waals surface area contributed by atoms with E-state index in [0.29, 0.717) is 0 Å². The molecule has 2 aliphatic rings. The first-order valence-electron chi connectivity index (χ1n) is 8.33. The molecule has 1 aromatic rings. The summed E-state index contributed by atoms with van der Waals surface area (Å²) in [6.45, 7) is 6.14. The van der Waals surface area contributed by atoms with Gasteiger partial charge in [-0.25, -0.2) is 0 Å². The quantitative estimate of drug-likeness (QED) is 0.707. The van der Waals surface area contributed by atoms with Crippen molar-refractivity contribution in [3.63, 3.8) is 0 Å². The Balaban J connectivity index is 1.62. The molecule has 0 heterocycles. The van der Waals surface area contributed by atoms with E-state index in [1.54, 1.807) is 7.11 Å². The number of ether oxygens (including phenoxy) is 1. The van der Waals surface area contributed by atoms with Crippen LogP contribution in [0.2, 0.25) is 0 Å². The highest BCUT2D eigenvalue weighted by Crippen LogP contribution is 2.38. The molecule has 0 radical (unpaired) electrons. The maximum atomic E-state index is 5.06. The van der Waals surface area contributed by atoms with Gasteiger partial charge in [-0.15, -0.1) is 0 Å². The molecule has 116 valence electrons. The van der Waals surface area contributed by atoms with Crippen molar-refractivity contribution in [1.82, 2.24) is 5.32 Å². The lowest BCUT2D eigenvalue weighted by Gasteiger charge is -2.27. The molecule has 2 aliphatic carbocycles.